The first-order valence-electron chi connectivity index (χ1n) is 9.18. The summed E-state index contributed by atoms with van der Waals surface area (Å²) in [5, 5.41) is 5.85. The van der Waals surface area contributed by atoms with Crippen LogP contribution in [0.2, 0.25) is 0 Å². The highest BCUT2D eigenvalue weighted by Gasteiger charge is 2.33. The number of alkyl halides is 3. The molecule has 0 spiro atoms. The number of guanidine groups is 1. The van der Waals surface area contributed by atoms with Crippen LogP contribution in [-0.4, -0.2) is 27.0 Å². The Hall–Kier alpha value is -2.70. The maximum atomic E-state index is 13.3. The first kappa shape index (κ1) is 24.6. The Morgan fingerprint density at radius 2 is 1.94 bits per heavy atom. The highest BCUT2D eigenvalue weighted by Crippen LogP contribution is 2.32. The Morgan fingerprint density at radius 3 is 2.61 bits per heavy atom. The van der Waals surface area contributed by atoms with E-state index in [9.17, 15) is 17.6 Å². The minimum atomic E-state index is -4.64. The van der Waals surface area contributed by atoms with Gasteiger partial charge in [0.15, 0.2) is 5.96 Å². The molecule has 0 unspecified atom stereocenters. The topological polar surface area (TPSA) is 67.1 Å². The van der Waals surface area contributed by atoms with Crippen LogP contribution in [0.5, 0.6) is 0 Å². The van der Waals surface area contributed by atoms with Crippen molar-refractivity contribution in [2.75, 3.05) is 6.54 Å². The van der Waals surface area contributed by atoms with Gasteiger partial charge in [-0.3, -0.25) is 4.57 Å². The van der Waals surface area contributed by atoms with Crippen LogP contribution in [0.15, 0.2) is 60.2 Å². The normalized spacial score (nSPS) is 11.7. The fourth-order valence-corrected chi connectivity index (χ4v) is 2.75. The Balaban J connectivity index is 0.00000341. The average molecular weight is 548 g/mol. The van der Waals surface area contributed by atoms with Gasteiger partial charge in [0, 0.05) is 31.7 Å². The van der Waals surface area contributed by atoms with E-state index in [4.69, 9.17) is 0 Å². The Labute approximate surface area is 193 Å². The summed E-state index contributed by atoms with van der Waals surface area (Å²) in [7, 11) is 0. The summed E-state index contributed by atoms with van der Waals surface area (Å²) in [4.78, 5) is 12.7. The van der Waals surface area contributed by atoms with E-state index in [1.54, 1.807) is 35.6 Å². The molecule has 2 heterocycles. The van der Waals surface area contributed by atoms with Crippen LogP contribution in [0, 0.1) is 5.82 Å². The third-order valence-electron chi connectivity index (χ3n) is 4.17. The van der Waals surface area contributed by atoms with Crippen molar-refractivity contribution < 1.29 is 17.6 Å². The number of hydrogen-bond donors (Lipinski definition) is 2. The SMILES string of the molecule is CCNC(=NCc1ccnc(-n2ccnc2)c1)NCc1ccc(F)cc1C(F)(F)F.I. The van der Waals surface area contributed by atoms with E-state index in [-0.39, 0.29) is 42.6 Å². The second kappa shape index (κ2) is 11.1. The molecule has 0 fully saturated rings. The minimum Gasteiger partial charge on any atom is -0.357 e. The van der Waals surface area contributed by atoms with Gasteiger partial charge in [0.05, 0.1) is 12.1 Å². The van der Waals surface area contributed by atoms with E-state index in [2.05, 4.69) is 25.6 Å². The van der Waals surface area contributed by atoms with Crippen LogP contribution in [0.1, 0.15) is 23.6 Å². The number of hydrogen-bond acceptors (Lipinski definition) is 3. The Morgan fingerprint density at radius 1 is 1.13 bits per heavy atom. The zero-order valence-electron chi connectivity index (χ0n) is 16.5. The quantitative estimate of drug-likeness (QED) is 0.209. The molecule has 3 aromatic rings. The number of rotatable bonds is 6. The lowest BCUT2D eigenvalue weighted by atomic mass is 10.1. The van der Waals surface area contributed by atoms with Crippen molar-refractivity contribution in [1.29, 1.82) is 0 Å². The predicted octanol–water partition coefficient (Wildman–Crippen LogP) is 4.30. The summed E-state index contributed by atoms with van der Waals surface area (Å²) in [5.74, 6) is 0.0910. The van der Waals surface area contributed by atoms with E-state index in [1.165, 1.54) is 0 Å². The minimum absolute atomic E-state index is 0. The van der Waals surface area contributed by atoms with Crippen molar-refractivity contribution in [2.24, 2.45) is 4.99 Å². The van der Waals surface area contributed by atoms with E-state index >= 15 is 0 Å². The number of halogens is 5. The van der Waals surface area contributed by atoms with Crippen molar-refractivity contribution in [2.45, 2.75) is 26.2 Å². The van der Waals surface area contributed by atoms with Crippen LogP contribution in [0.3, 0.4) is 0 Å². The number of aliphatic imine (C=N–C) groups is 1. The highest BCUT2D eigenvalue weighted by molar-refractivity contribution is 14.0. The number of pyridine rings is 1. The molecule has 1 aromatic carbocycles. The first-order chi connectivity index (χ1) is 14.4. The third-order valence-corrected chi connectivity index (χ3v) is 4.17. The molecule has 166 valence electrons. The maximum absolute atomic E-state index is 13.3. The molecule has 0 aliphatic heterocycles. The first-order valence-corrected chi connectivity index (χ1v) is 9.18. The van der Waals surface area contributed by atoms with Gasteiger partial charge in [-0.1, -0.05) is 6.07 Å². The van der Waals surface area contributed by atoms with Crippen LogP contribution >= 0.6 is 24.0 Å². The van der Waals surface area contributed by atoms with Gasteiger partial charge in [-0.05, 0) is 42.3 Å². The van der Waals surface area contributed by atoms with Crippen molar-refractivity contribution in [3.05, 3.63) is 77.8 Å². The fourth-order valence-electron chi connectivity index (χ4n) is 2.75. The largest absolute Gasteiger partial charge is 0.416 e. The van der Waals surface area contributed by atoms with Gasteiger partial charge in [-0.25, -0.2) is 19.4 Å². The number of aromatic nitrogens is 3. The van der Waals surface area contributed by atoms with Gasteiger partial charge in [0.1, 0.15) is 18.0 Å². The van der Waals surface area contributed by atoms with Crippen molar-refractivity contribution >= 4 is 29.9 Å². The summed E-state index contributed by atoms with van der Waals surface area (Å²) in [6, 6.07) is 6.27. The van der Waals surface area contributed by atoms with Crippen molar-refractivity contribution in [3.63, 3.8) is 0 Å². The zero-order valence-corrected chi connectivity index (χ0v) is 18.9. The molecule has 11 heteroatoms. The van der Waals surface area contributed by atoms with E-state index < -0.39 is 17.6 Å². The van der Waals surface area contributed by atoms with Crippen LogP contribution < -0.4 is 10.6 Å². The van der Waals surface area contributed by atoms with Gasteiger partial charge in [-0.2, -0.15) is 13.2 Å². The molecule has 0 aliphatic rings. The van der Waals surface area contributed by atoms with E-state index in [1.807, 2.05) is 13.0 Å². The molecule has 0 bridgehead atoms. The highest BCUT2D eigenvalue weighted by atomic mass is 127. The standard InChI is InChI=1S/C20H20F4N6.HI/c1-2-26-19(29-12-15-3-4-16(21)10-17(15)20(22,23)24)28-11-14-5-6-27-18(9-14)30-8-7-25-13-30;/h3-10,13H,2,11-12H2,1H3,(H2,26,28,29);1H. The summed E-state index contributed by atoms with van der Waals surface area (Å²) in [6.45, 7) is 2.50. The maximum Gasteiger partial charge on any atom is 0.416 e. The van der Waals surface area contributed by atoms with E-state index in [0.29, 0.717) is 24.4 Å². The number of nitrogens with zero attached hydrogens (tertiary/aromatic N) is 4. The number of benzene rings is 1. The Bertz CT molecular complexity index is 1010. The molecule has 2 aromatic heterocycles. The summed E-state index contributed by atoms with van der Waals surface area (Å²) in [5.41, 5.74) is -0.213. The molecular formula is C20H21F4IN6. The number of imidazole rings is 1. The number of nitrogens with one attached hydrogen (secondary N) is 2. The molecule has 6 nitrogen and oxygen atoms in total. The van der Waals surface area contributed by atoms with Crippen molar-refractivity contribution in [3.8, 4) is 5.82 Å². The Kier molecular flexibility index (Phi) is 8.77. The van der Waals surface area contributed by atoms with E-state index in [0.717, 1.165) is 17.7 Å². The van der Waals surface area contributed by atoms with Crippen LogP contribution in [0.4, 0.5) is 17.6 Å². The van der Waals surface area contributed by atoms with Gasteiger partial charge in [0.2, 0.25) is 0 Å². The molecule has 0 aliphatic carbocycles. The molecule has 0 saturated carbocycles. The molecule has 0 amide bonds. The lowest BCUT2D eigenvalue weighted by molar-refractivity contribution is -0.138. The predicted molar refractivity (Wildman–Crippen MR) is 120 cm³/mol. The molecular weight excluding hydrogens is 527 g/mol. The van der Waals surface area contributed by atoms with Gasteiger partial charge in [-0.15, -0.1) is 24.0 Å². The zero-order chi connectivity index (χ0) is 21.6. The average Bonchev–Trinajstić information content (AvgIpc) is 3.25. The monoisotopic (exact) mass is 548 g/mol. The van der Waals surface area contributed by atoms with Crippen molar-refractivity contribution in [1.82, 2.24) is 25.2 Å². The second-order valence-corrected chi connectivity index (χ2v) is 6.34. The third kappa shape index (κ3) is 6.91. The second-order valence-electron chi connectivity index (χ2n) is 6.34. The molecule has 2 N–H and O–H groups in total. The molecule has 3 rings (SSSR count). The van der Waals surface area contributed by atoms with Gasteiger partial charge >= 0.3 is 6.18 Å². The summed E-state index contributed by atoms with van der Waals surface area (Å²) in [6.07, 6.45) is 2.04. The molecule has 0 radical (unpaired) electrons. The summed E-state index contributed by atoms with van der Waals surface area (Å²) >= 11 is 0. The van der Waals surface area contributed by atoms with Crippen LogP contribution in [-0.2, 0) is 19.3 Å². The lowest BCUT2D eigenvalue weighted by Crippen LogP contribution is -2.37. The van der Waals surface area contributed by atoms with Gasteiger partial charge < -0.3 is 10.6 Å². The molecule has 0 saturated heterocycles. The van der Waals surface area contributed by atoms with Crippen LogP contribution in [0.25, 0.3) is 5.82 Å². The summed E-state index contributed by atoms with van der Waals surface area (Å²) < 4.78 is 54.5. The lowest BCUT2D eigenvalue weighted by Gasteiger charge is -2.16. The smallest absolute Gasteiger partial charge is 0.357 e. The molecule has 0 atom stereocenters. The van der Waals surface area contributed by atoms with Gasteiger partial charge in [0.25, 0.3) is 0 Å². The fraction of sp³-hybridized carbons (Fsp3) is 0.250. The molecule has 31 heavy (non-hydrogen) atoms.